The average Bonchev–Trinajstić information content (AvgIpc) is 2.86. The summed E-state index contributed by atoms with van der Waals surface area (Å²) >= 11 is 0. The third-order valence-electron chi connectivity index (χ3n) is 2.23. The Kier molecular flexibility index (Phi) is 7.71. The molecule has 0 aromatic carbocycles. The van der Waals surface area contributed by atoms with Crippen molar-refractivity contribution in [2.75, 3.05) is 40.1 Å². The van der Waals surface area contributed by atoms with Gasteiger partial charge in [-0.1, -0.05) is 5.21 Å². The van der Waals surface area contributed by atoms with Gasteiger partial charge in [-0.3, -0.25) is 0 Å². The number of hydrogen-bond acceptors (Lipinski definition) is 6. The van der Waals surface area contributed by atoms with Crippen molar-refractivity contribution in [3.63, 3.8) is 0 Å². The van der Waals surface area contributed by atoms with Crippen molar-refractivity contribution in [1.82, 2.24) is 15.0 Å². The van der Waals surface area contributed by atoms with Gasteiger partial charge in [0, 0.05) is 20.3 Å². The molecule has 1 rings (SSSR count). The number of methoxy groups -OCH3 is 1. The second-order valence-electron chi connectivity index (χ2n) is 3.74. The molecule has 0 fully saturated rings. The summed E-state index contributed by atoms with van der Waals surface area (Å²) in [6, 6.07) is 0. The highest BCUT2D eigenvalue weighted by atomic mass is 16.5. The van der Waals surface area contributed by atoms with E-state index in [0.29, 0.717) is 39.6 Å². The summed E-state index contributed by atoms with van der Waals surface area (Å²) in [6.07, 6.45) is 2.18. The summed E-state index contributed by atoms with van der Waals surface area (Å²) in [7, 11) is 1.63. The molecule has 1 N–H and O–H groups in total. The van der Waals surface area contributed by atoms with Crippen molar-refractivity contribution in [2.45, 2.75) is 13.0 Å². The van der Waals surface area contributed by atoms with Crippen molar-refractivity contribution in [2.24, 2.45) is 0 Å². The van der Waals surface area contributed by atoms with Crippen LogP contribution < -0.4 is 0 Å². The fourth-order valence-corrected chi connectivity index (χ4v) is 1.27. The molecule has 1 aromatic rings. The van der Waals surface area contributed by atoms with Crippen LogP contribution in [-0.2, 0) is 20.8 Å². The lowest BCUT2D eigenvalue weighted by atomic mass is 10.5. The number of rotatable bonds is 11. The van der Waals surface area contributed by atoms with Crippen molar-refractivity contribution in [3.05, 3.63) is 11.9 Å². The first-order chi connectivity index (χ1) is 9.24. The highest BCUT2D eigenvalue weighted by molar-refractivity contribution is 5.84. The van der Waals surface area contributed by atoms with E-state index in [9.17, 15) is 4.79 Å². The first-order valence-corrected chi connectivity index (χ1v) is 6.02. The highest BCUT2D eigenvalue weighted by Gasteiger charge is 2.07. The molecule has 8 nitrogen and oxygen atoms in total. The Morgan fingerprint density at radius 3 is 2.63 bits per heavy atom. The van der Waals surface area contributed by atoms with E-state index < -0.39 is 5.97 Å². The number of carbonyl (C=O) groups is 1. The minimum absolute atomic E-state index is 0.0634. The molecule has 19 heavy (non-hydrogen) atoms. The van der Waals surface area contributed by atoms with Crippen LogP contribution in [0.3, 0.4) is 0 Å². The summed E-state index contributed by atoms with van der Waals surface area (Å²) in [5, 5.41) is 15.8. The predicted octanol–water partition coefficient (Wildman–Crippen LogP) is 0.0460. The van der Waals surface area contributed by atoms with Crippen molar-refractivity contribution in [1.29, 1.82) is 0 Å². The molecule has 0 aliphatic heterocycles. The van der Waals surface area contributed by atoms with E-state index in [1.807, 2.05) is 0 Å². The number of nitrogens with zero attached hydrogens (tertiary/aromatic N) is 3. The minimum atomic E-state index is -1.08. The zero-order chi connectivity index (χ0) is 13.9. The summed E-state index contributed by atoms with van der Waals surface area (Å²) < 4.78 is 16.9. The van der Waals surface area contributed by atoms with Crippen LogP contribution in [0.4, 0.5) is 0 Å². The molecule has 0 amide bonds. The number of ether oxygens (including phenoxy) is 3. The Labute approximate surface area is 111 Å². The molecule has 0 atom stereocenters. The lowest BCUT2D eigenvalue weighted by Gasteiger charge is -2.05. The van der Waals surface area contributed by atoms with Gasteiger partial charge < -0.3 is 19.3 Å². The van der Waals surface area contributed by atoms with Crippen LogP contribution >= 0.6 is 0 Å². The Morgan fingerprint density at radius 2 is 2.00 bits per heavy atom. The zero-order valence-electron chi connectivity index (χ0n) is 10.9. The molecular formula is C11H19N3O5. The van der Waals surface area contributed by atoms with Crippen molar-refractivity contribution >= 4 is 5.97 Å². The van der Waals surface area contributed by atoms with Crippen LogP contribution in [0.25, 0.3) is 0 Å². The molecule has 0 spiro atoms. The van der Waals surface area contributed by atoms with Crippen LogP contribution in [0.15, 0.2) is 6.20 Å². The lowest BCUT2D eigenvalue weighted by molar-refractivity contribution is 0.0497. The first-order valence-electron chi connectivity index (χ1n) is 6.02. The van der Waals surface area contributed by atoms with Gasteiger partial charge in [-0.15, -0.1) is 5.10 Å². The van der Waals surface area contributed by atoms with E-state index in [1.165, 1.54) is 10.9 Å². The van der Waals surface area contributed by atoms with E-state index >= 15 is 0 Å². The van der Waals surface area contributed by atoms with Crippen LogP contribution in [0.5, 0.6) is 0 Å². The number of aromatic carboxylic acids is 1. The van der Waals surface area contributed by atoms with Gasteiger partial charge in [-0.25, -0.2) is 9.48 Å². The summed E-state index contributed by atoms with van der Waals surface area (Å²) in [5.41, 5.74) is -0.0634. The van der Waals surface area contributed by atoms with E-state index in [1.54, 1.807) is 7.11 Å². The second-order valence-corrected chi connectivity index (χ2v) is 3.74. The molecule has 108 valence electrons. The number of aromatic nitrogens is 3. The van der Waals surface area contributed by atoms with Gasteiger partial charge >= 0.3 is 5.97 Å². The topological polar surface area (TPSA) is 95.7 Å². The molecule has 0 saturated carbocycles. The predicted molar refractivity (Wildman–Crippen MR) is 65.1 cm³/mol. The third-order valence-corrected chi connectivity index (χ3v) is 2.23. The molecule has 1 aromatic heterocycles. The van der Waals surface area contributed by atoms with Gasteiger partial charge in [0.05, 0.1) is 32.6 Å². The fraction of sp³-hybridized carbons (Fsp3) is 0.727. The molecule has 1 heterocycles. The second kappa shape index (κ2) is 9.42. The average molecular weight is 273 g/mol. The smallest absolute Gasteiger partial charge is 0.358 e. The van der Waals surface area contributed by atoms with Crippen molar-refractivity contribution in [3.8, 4) is 0 Å². The molecule has 0 radical (unpaired) electrons. The Bertz CT molecular complexity index is 369. The minimum Gasteiger partial charge on any atom is -0.476 e. The van der Waals surface area contributed by atoms with Gasteiger partial charge in [0.2, 0.25) is 0 Å². The SMILES string of the molecule is COCCOCCCOCCn1cc(C(=O)O)nn1. The highest BCUT2D eigenvalue weighted by Crippen LogP contribution is 1.93. The quantitative estimate of drug-likeness (QED) is 0.569. The molecule has 0 aliphatic rings. The number of hydrogen-bond donors (Lipinski definition) is 1. The molecule has 0 bridgehead atoms. The summed E-state index contributed by atoms with van der Waals surface area (Å²) in [5.74, 6) is -1.08. The monoisotopic (exact) mass is 273 g/mol. The van der Waals surface area contributed by atoms with E-state index in [0.717, 1.165) is 6.42 Å². The maximum Gasteiger partial charge on any atom is 0.358 e. The molecular weight excluding hydrogens is 254 g/mol. The lowest BCUT2D eigenvalue weighted by Crippen LogP contribution is -2.09. The standard InChI is InChI=1S/C11H19N3O5/c1-17-7-8-19-5-2-4-18-6-3-14-9-10(11(15)16)12-13-14/h9H,2-8H2,1H3,(H,15,16). The maximum atomic E-state index is 10.6. The summed E-state index contributed by atoms with van der Waals surface area (Å²) in [4.78, 5) is 10.6. The number of carboxylic acid groups (broad SMARTS) is 1. The van der Waals surface area contributed by atoms with Crippen LogP contribution in [-0.4, -0.2) is 66.2 Å². The van der Waals surface area contributed by atoms with Crippen LogP contribution in [0.1, 0.15) is 16.9 Å². The fourth-order valence-electron chi connectivity index (χ4n) is 1.27. The molecule has 8 heteroatoms. The van der Waals surface area contributed by atoms with Gasteiger partial charge in [-0.05, 0) is 6.42 Å². The maximum absolute atomic E-state index is 10.6. The Balaban J connectivity index is 1.97. The third kappa shape index (κ3) is 6.85. The van der Waals surface area contributed by atoms with Crippen LogP contribution in [0, 0.1) is 0 Å². The first kappa shape index (κ1) is 15.5. The van der Waals surface area contributed by atoms with Crippen LogP contribution in [0.2, 0.25) is 0 Å². The van der Waals surface area contributed by atoms with Gasteiger partial charge in [0.15, 0.2) is 5.69 Å². The Morgan fingerprint density at radius 1 is 1.26 bits per heavy atom. The summed E-state index contributed by atoms with van der Waals surface area (Å²) in [6.45, 7) is 3.35. The van der Waals surface area contributed by atoms with Crippen molar-refractivity contribution < 1.29 is 24.1 Å². The van der Waals surface area contributed by atoms with Gasteiger partial charge in [-0.2, -0.15) is 0 Å². The van der Waals surface area contributed by atoms with E-state index in [-0.39, 0.29) is 5.69 Å². The molecule has 0 unspecified atom stereocenters. The molecule has 0 saturated heterocycles. The van der Waals surface area contributed by atoms with Gasteiger partial charge in [0.25, 0.3) is 0 Å². The Hall–Kier alpha value is -1.51. The van der Waals surface area contributed by atoms with E-state index in [4.69, 9.17) is 19.3 Å². The van der Waals surface area contributed by atoms with Gasteiger partial charge in [0.1, 0.15) is 0 Å². The normalized spacial score (nSPS) is 10.8. The van der Waals surface area contributed by atoms with E-state index in [2.05, 4.69) is 10.3 Å². The zero-order valence-corrected chi connectivity index (χ0v) is 10.9. The number of carboxylic acids is 1. The molecule has 0 aliphatic carbocycles. The largest absolute Gasteiger partial charge is 0.476 e.